The molecule has 0 amide bonds. The number of aromatic nitrogens is 2. The minimum Gasteiger partial charge on any atom is -0.872 e. The Balaban J connectivity index is 0.000000454. The summed E-state index contributed by atoms with van der Waals surface area (Å²) in [5.74, 6) is -1.44. The molecule has 0 saturated heterocycles. The largest absolute Gasteiger partial charge is 2.00 e. The van der Waals surface area contributed by atoms with Crippen LogP contribution in [-0.4, -0.2) is 28.7 Å². The molecule has 1 heterocycles. The number of rotatable bonds is 3. The maximum Gasteiger partial charge on any atom is 2.00 e. The Kier molecular flexibility index (Phi) is 8.78. The number of nitrogens with zero attached hydrogens (tertiary/aromatic N) is 2. The van der Waals surface area contributed by atoms with Crippen LogP contribution in [0.15, 0.2) is 48.0 Å². The predicted octanol–water partition coefficient (Wildman–Crippen LogP) is -0.664. The summed E-state index contributed by atoms with van der Waals surface area (Å²) >= 11 is 0. The number of benzene rings is 1. The van der Waals surface area contributed by atoms with Gasteiger partial charge in [0.05, 0.1) is 18.8 Å². The molecule has 0 bridgehead atoms. The molecular formula is C12H11CuN3O3. The second-order valence-electron chi connectivity index (χ2n) is 3.14. The number of H-pyrrole nitrogens is 1. The SMILES string of the molecule is O=C([O-])CN=Cc1ccccc1[O-].[Cu+2].c1c[nH]cn1. The summed E-state index contributed by atoms with van der Waals surface area (Å²) in [6.07, 6.45) is 6.32. The molecule has 0 unspecified atom stereocenters. The van der Waals surface area contributed by atoms with E-state index in [2.05, 4.69) is 15.0 Å². The second-order valence-corrected chi connectivity index (χ2v) is 3.14. The third-order valence-corrected chi connectivity index (χ3v) is 1.78. The molecule has 0 aliphatic heterocycles. The topological polar surface area (TPSA) is 104 Å². The number of imidazole rings is 1. The Morgan fingerprint density at radius 3 is 2.63 bits per heavy atom. The zero-order valence-electron chi connectivity index (χ0n) is 9.75. The third-order valence-electron chi connectivity index (χ3n) is 1.78. The fourth-order valence-corrected chi connectivity index (χ4v) is 1.02. The van der Waals surface area contributed by atoms with E-state index in [1.54, 1.807) is 36.9 Å². The smallest absolute Gasteiger partial charge is 0.872 e. The standard InChI is InChI=1S/C9H9NO3.C3H4N2.Cu/c11-8-4-2-1-3-7(8)5-10-6-9(12)13;1-2-5-3-4-1;/h1-5,11H,6H2,(H,12,13);1-3H,(H,4,5);/q;;+2/p-2. The van der Waals surface area contributed by atoms with Crippen LogP contribution < -0.4 is 10.2 Å². The molecule has 0 aliphatic carbocycles. The van der Waals surface area contributed by atoms with Crippen LogP contribution in [0.3, 0.4) is 0 Å². The van der Waals surface area contributed by atoms with Gasteiger partial charge in [-0.1, -0.05) is 24.3 Å². The van der Waals surface area contributed by atoms with Crippen LogP contribution in [0.1, 0.15) is 5.56 Å². The van der Waals surface area contributed by atoms with Crippen LogP contribution in [0.5, 0.6) is 5.75 Å². The van der Waals surface area contributed by atoms with Gasteiger partial charge in [-0.15, -0.1) is 5.75 Å². The van der Waals surface area contributed by atoms with E-state index in [0.29, 0.717) is 5.56 Å². The Hall–Kier alpha value is -2.11. The van der Waals surface area contributed by atoms with E-state index in [4.69, 9.17) is 0 Å². The third kappa shape index (κ3) is 7.75. The van der Waals surface area contributed by atoms with Crippen LogP contribution >= 0.6 is 0 Å². The first-order chi connectivity index (χ1) is 8.70. The van der Waals surface area contributed by atoms with Gasteiger partial charge >= 0.3 is 17.1 Å². The number of aromatic amines is 1. The first kappa shape index (κ1) is 16.9. The van der Waals surface area contributed by atoms with E-state index in [-0.39, 0.29) is 22.8 Å². The summed E-state index contributed by atoms with van der Waals surface area (Å²) in [4.78, 5) is 19.9. The summed E-state index contributed by atoms with van der Waals surface area (Å²) in [6, 6.07) is 6.25. The molecule has 1 radical (unpaired) electrons. The number of carboxylic acid groups (broad SMARTS) is 1. The van der Waals surface area contributed by atoms with Crippen LogP contribution in [0.25, 0.3) is 0 Å². The summed E-state index contributed by atoms with van der Waals surface area (Å²) in [5.41, 5.74) is 0.378. The van der Waals surface area contributed by atoms with E-state index >= 15 is 0 Å². The molecule has 6 nitrogen and oxygen atoms in total. The first-order valence-corrected chi connectivity index (χ1v) is 5.08. The first-order valence-electron chi connectivity index (χ1n) is 5.08. The van der Waals surface area contributed by atoms with Gasteiger partial charge in [0.2, 0.25) is 0 Å². The molecule has 1 aromatic carbocycles. The van der Waals surface area contributed by atoms with Crippen LogP contribution in [0, 0.1) is 0 Å². The van der Waals surface area contributed by atoms with Crippen molar-refractivity contribution < 1.29 is 32.1 Å². The summed E-state index contributed by atoms with van der Waals surface area (Å²) < 4.78 is 0. The number of hydrogen-bond donors (Lipinski definition) is 1. The quantitative estimate of drug-likeness (QED) is 0.600. The van der Waals surface area contributed by atoms with Gasteiger partial charge in [0.15, 0.2) is 0 Å². The van der Waals surface area contributed by atoms with E-state index in [9.17, 15) is 15.0 Å². The Morgan fingerprint density at radius 2 is 2.16 bits per heavy atom. The molecular weight excluding hydrogens is 298 g/mol. The van der Waals surface area contributed by atoms with Crippen LogP contribution in [0.2, 0.25) is 0 Å². The number of nitrogens with one attached hydrogen (secondary N) is 1. The van der Waals surface area contributed by atoms with Gasteiger partial charge in [0.1, 0.15) is 0 Å². The van der Waals surface area contributed by atoms with Gasteiger partial charge in [-0.25, -0.2) is 4.98 Å². The Morgan fingerprint density at radius 1 is 1.42 bits per heavy atom. The van der Waals surface area contributed by atoms with Crippen molar-refractivity contribution in [3.8, 4) is 5.75 Å². The monoisotopic (exact) mass is 308 g/mol. The zero-order chi connectivity index (χ0) is 13.2. The van der Waals surface area contributed by atoms with E-state index in [1.807, 2.05) is 0 Å². The van der Waals surface area contributed by atoms with Gasteiger partial charge in [0.25, 0.3) is 0 Å². The van der Waals surface area contributed by atoms with Crippen molar-refractivity contribution in [1.29, 1.82) is 0 Å². The zero-order valence-corrected chi connectivity index (χ0v) is 10.7. The molecule has 103 valence electrons. The van der Waals surface area contributed by atoms with Gasteiger partial charge in [-0.3, -0.25) is 4.99 Å². The molecule has 0 atom stereocenters. The molecule has 0 saturated carbocycles. The molecule has 2 aromatic rings. The minimum absolute atomic E-state index is 0. The van der Waals surface area contributed by atoms with Gasteiger partial charge < -0.3 is 20.0 Å². The van der Waals surface area contributed by atoms with E-state index in [0.717, 1.165) is 0 Å². The fraction of sp³-hybridized carbons (Fsp3) is 0.0833. The van der Waals surface area contributed by atoms with Crippen LogP contribution in [-0.2, 0) is 21.9 Å². The van der Waals surface area contributed by atoms with Gasteiger partial charge in [-0.2, -0.15) is 0 Å². The van der Waals surface area contributed by atoms with Crippen molar-refractivity contribution in [2.75, 3.05) is 6.54 Å². The maximum atomic E-state index is 11.0. The number of hydrogen-bond acceptors (Lipinski definition) is 5. The number of aliphatic imine (C=N–C) groups is 1. The van der Waals surface area contributed by atoms with Crippen molar-refractivity contribution in [2.24, 2.45) is 4.99 Å². The molecule has 0 fully saturated rings. The average Bonchev–Trinajstić information content (AvgIpc) is 2.90. The number of carboxylic acids is 1. The second kappa shape index (κ2) is 9.87. The normalized spacial score (nSPS) is 9.26. The molecule has 1 aromatic heterocycles. The predicted molar refractivity (Wildman–Crippen MR) is 61.9 cm³/mol. The minimum atomic E-state index is -1.26. The number of aliphatic carboxylic acids is 1. The fourth-order valence-electron chi connectivity index (χ4n) is 1.02. The molecule has 0 spiro atoms. The maximum absolute atomic E-state index is 11.0. The van der Waals surface area contributed by atoms with Crippen LogP contribution in [0.4, 0.5) is 0 Å². The van der Waals surface area contributed by atoms with E-state index < -0.39 is 12.5 Å². The van der Waals surface area contributed by atoms with Crippen molar-refractivity contribution in [1.82, 2.24) is 9.97 Å². The molecule has 2 rings (SSSR count). The summed E-state index contributed by atoms with van der Waals surface area (Å²) in [5, 5.41) is 21.0. The summed E-state index contributed by atoms with van der Waals surface area (Å²) in [6.45, 7) is -0.422. The van der Waals surface area contributed by atoms with Crippen molar-refractivity contribution in [3.05, 3.63) is 48.5 Å². The molecule has 0 aliphatic rings. The average molecular weight is 309 g/mol. The van der Waals surface area contributed by atoms with Gasteiger partial charge in [-0.05, 0) is 5.56 Å². The van der Waals surface area contributed by atoms with Crippen molar-refractivity contribution in [3.63, 3.8) is 0 Å². The summed E-state index contributed by atoms with van der Waals surface area (Å²) in [7, 11) is 0. The number of para-hydroxylation sites is 1. The molecule has 7 heteroatoms. The number of carbonyl (C=O) groups is 1. The van der Waals surface area contributed by atoms with Gasteiger partial charge in [0, 0.05) is 18.6 Å². The molecule has 1 N–H and O–H groups in total. The van der Waals surface area contributed by atoms with Crippen molar-refractivity contribution >= 4 is 12.2 Å². The Labute approximate surface area is 120 Å². The Bertz CT molecular complexity index is 483. The number of carbonyl (C=O) groups excluding carboxylic acids is 1. The molecule has 19 heavy (non-hydrogen) atoms. The van der Waals surface area contributed by atoms with Crippen molar-refractivity contribution in [2.45, 2.75) is 0 Å². The van der Waals surface area contributed by atoms with E-state index in [1.165, 1.54) is 12.3 Å².